The maximum absolute atomic E-state index is 13.2. The van der Waals surface area contributed by atoms with Crippen LogP contribution in [-0.2, 0) is 16.1 Å². The lowest BCUT2D eigenvalue weighted by Gasteiger charge is -2.44. The van der Waals surface area contributed by atoms with E-state index in [1.165, 1.54) is 18.2 Å². The summed E-state index contributed by atoms with van der Waals surface area (Å²) in [6.45, 7) is 7.85. The molecule has 170 valence electrons. The number of aliphatic carboxylic acids is 1. The number of rotatable bonds is 7. The van der Waals surface area contributed by atoms with Crippen molar-refractivity contribution >= 4 is 18.0 Å². The first-order valence-corrected chi connectivity index (χ1v) is 10.7. The maximum atomic E-state index is 13.2. The van der Waals surface area contributed by atoms with Gasteiger partial charge in [-0.25, -0.2) is 9.18 Å². The van der Waals surface area contributed by atoms with Crippen molar-refractivity contribution in [2.45, 2.75) is 39.4 Å². The Kier molecular flexibility index (Phi) is 7.64. The number of amides is 1. The van der Waals surface area contributed by atoms with Crippen molar-refractivity contribution in [1.29, 1.82) is 0 Å². The Bertz CT molecular complexity index is 990. The molecule has 0 saturated carbocycles. The standard InChI is InChI=1S/C25H29FN2O4/c1-17-4-10-23(21(12-17)7-11-25(30)31)32-16-24(29)28-14-18(2)27(13-19(28)3)15-20-5-8-22(26)9-6-20/h4-12,18-19H,13-16H2,1-3H3,(H,30,31)/t18-,19+/m0/s1. The van der Waals surface area contributed by atoms with Gasteiger partial charge >= 0.3 is 5.97 Å². The number of aryl methyl sites for hydroxylation is 1. The van der Waals surface area contributed by atoms with Crippen LogP contribution in [0.5, 0.6) is 5.75 Å². The van der Waals surface area contributed by atoms with Crippen molar-refractivity contribution < 1.29 is 23.8 Å². The summed E-state index contributed by atoms with van der Waals surface area (Å²) in [5.41, 5.74) is 2.62. The lowest BCUT2D eigenvalue weighted by molar-refractivity contribution is -0.139. The summed E-state index contributed by atoms with van der Waals surface area (Å²) in [7, 11) is 0. The smallest absolute Gasteiger partial charge is 0.328 e. The minimum Gasteiger partial charge on any atom is -0.483 e. The first-order chi connectivity index (χ1) is 15.2. The largest absolute Gasteiger partial charge is 0.483 e. The molecule has 1 amide bonds. The lowest BCUT2D eigenvalue weighted by atomic mass is 10.1. The topological polar surface area (TPSA) is 70.1 Å². The van der Waals surface area contributed by atoms with Crippen LogP contribution in [0, 0.1) is 12.7 Å². The number of hydrogen-bond donors (Lipinski definition) is 1. The molecule has 1 saturated heterocycles. The number of halogens is 1. The highest BCUT2D eigenvalue weighted by atomic mass is 19.1. The number of piperazine rings is 1. The van der Waals surface area contributed by atoms with Gasteiger partial charge in [-0.3, -0.25) is 9.69 Å². The van der Waals surface area contributed by atoms with Crippen LogP contribution in [0.3, 0.4) is 0 Å². The number of carbonyl (C=O) groups is 2. The van der Waals surface area contributed by atoms with Crippen LogP contribution in [0.25, 0.3) is 6.08 Å². The van der Waals surface area contributed by atoms with E-state index in [0.717, 1.165) is 17.2 Å². The third-order valence-electron chi connectivity index (χ3n) is 5.66. The first-order valence-electron chi connectivity index (χ1n) is 10.7. The Morgan fingerprint density at radius 1 is 1.12 bits per heavy atom. The second kappa shape index (κ2) is 10.4. The zero-order valence-electron chi connectivity index (χ0n) is 18.6. The molecular formula is C25H29FN2O4. The van der Waals surface area contributed by atoms with Crippen LogP contribution >= 0.6 is 0 Å². The fourth-order valence-electron chi connectivity index (χ4n) is 3.90. The number of ether oxygens (including phenoxy) is 1. The Morgan fingerprint density at radius 2 is 1.84 bits per heavy atom. The summed E-state index contributed by atoms with van der Waals surface area (Å²) in [4.78, 5) is 27.9. The average Bonchev–Trinajstić information content (AvgIpc) is 2.75. The van der Waals surface area contributed by atoms with E-state index in [0.29, 0.717) is 30.9 Å². The molecule has 0 aromatic heterocycles. The molecule has 6 nitrogen and oxygen atoms in total. The molecule has 0 aliphatic carbocycles. The van der Waals surface area contributed by atoms with Gasteiger partial charge in [-0.05, 0) is 56.7 Å². The van der Waals surface area contributed by atoms with Gasteiger partial charge in [0, 0.05) is 43.4 Å². The van der Waals surface area contributed by atoms with Crippen molar-refractivity contribution in [2.75, 3.05) is 19.7 Å². The average molecular weight is 441 g/mol. The van der Waals surface area contributed by atoms with E-state index in [1.807, 2.05) is 30.9 Å². The SMILES string of the molecule is Cc1ccc(OCC(=O)N2C[C@H](C)N(Cc3ccc(F)cc3)C[C@H]2C)c(C=CC(=O)O)c1. The monoisotopic (exact) mass is 440 g/mol. The predicted molar refractivity (Wildman–Crippen MR) is 121 cm³/mol. The normalized spacial score (nSPS) is 19.3. The van der Waals surface area contributed by atoms with Crippen LogP contribution in [-0.4, -0.2) is 58.6 Å². The van der Waals surface area contributed by atoms with Crippen molar-refractivity contribution in [1.82, 2.24) is 9.80 Å². The molecule has 7 heteroatoms. The van der Waals surface area contributed by atoms with E-state index in [9.17, 15) is 14.0 Å². The molecule has 1 aliphatic rings. The summed E-state index contributed by atoms with van der Waals surface area (Å²) in [5.74, 6) is -0.938. The van der Waals surface area contributed by atoms with Crippen LogP contribution in [0.1, 0.15) is 30.5 Å². The summed E-state index contributed by atoms with van der Waals surface area (Å²) >= 11 is 0. The molecular weight excluding hydrogens is 411 g/mol. The molecule has 32 heavy (non-hydrogen) atoms. The predicted octanol–water partition coefficient (Wildman–Crippen LogP) is 3.73. The molecule has 1 aliphatic heterocycles. The highest BCUT2D eigenvalue weighted by Crippen LogP contribution is 2.23. The molecule has 0 radical (unpaired) electrons. The van der Waals surface area contributed by atoms with Crippen LogP contribution in [0.2, 0.25) is 0 Å². The third kappa shape index (κ3) is 6.17. The highest BCUT2D eigenvalue weighted by molar-refractivity contribution is 5.86. The number of carboxylic acids is 1. The van der Waals surface area contributed by atoms with Gasteiger partial charge in [0.05, 0.1) is 0 Å². The lowest BCUT2D eigenvalue weighted by Crippen LogP contribution is -2.58. The summed E-state index contributed by atoms with van der Waals surface area (Å²) in [6, 6.07) is 12.1. The van der Waals surface area contributed by atoms with Gasteiger partial charge in [0.2, 0.25) is 0 Å². The Hall–Kier alpha value is -3.19. The van der Waals surface area contributed by atoms with Gasteiger partial charge in [0.1, 0.15) is 11.6 Å². The first kappa shape index (κ1) is 23.5. The number of carboxylic acid groups (broad SMARTS) is 1. The van der Waals surface area contributed by atoms with Gasteiger partial charge in [-0.2, -0.15) is 0 Å². The zero-order valence-corrected chi connectivity index (χ0v) is 18.6. The molecule has 2 aromatic carbocycles. The molecule has 0 bridgehead atoms. The highest BCUT2D eigenvalue weighted by Gasteiger charge is 2.32. The quantitative estimate of drug-likeness (QED) is 0.665. The fourth-order valence-corrected chi connectivity index (χ4v) is 3.90. The number of nitrogens with zero attached hydrogens (tertiary/aromatic N) is 2. The van der Waals surface area contributed by atoms with Crippen LogP contribution < -0.4 is 4.74 Å². The van der Waals surface area contributed by atoms with Gasteiger partial charge < -0.3 is 14.7 Å². The fraction of sp³-hybridized carbons (Fsp3) is 0.360. The van der Waals surface area contributed by atoms with Crippen LogP contribution in [0.15, 0.2) is 48.5 Å². The Balaban J connectivity index is 1.60. The summed E-state index contributed by atoms with van der Waals surface area (Å²) in [6.07, 6.45) is 2.52. The molecule has 0 spiro atoms. The Morgan fingerprint density at radius 3 is 2.53 bits per heavy atom. The molecule has 0 unspecified atom stereocenters. The third-order valence-corrected chi connectivity index (χ3v) is 5.66. The zero-order chi connectivity index (χ0) is 23.3. The molecule has 1 heterocycles. The van der Waals surface area contributed by atoms with Gasteiger partial charge in [-0.1, -0.05) is 23.8 Å². The molecule has 3 rings (SSSR count). The van der Waals surface area contributed by atoms with E-state index >= 15 is 0 Å². The Labute approximate surface area is 187 Å². The van der Waals surface area contributed by atoms with E-state index in [1.54, 1.807) is 18.2 Å². The molecule has 1 fully saturated rings. The van der Waals surface area contributed by atoms with Crippen molar-refractivity contribution in [3.05, 3.63) is 71.0 Å². The molecule has 2 aromatic rings. The number of hydrogen-bond acceptors (Lipinski definition) is 4. The minimum absolute atomic E-state index is 0.00661. The van der Waals surface area contributed by atoms with Crippen molar-refractivity contribution in [3.63, 3.8) is 0 Å². The van der Waals surface area contributed by atoms with Gasteiger partial charge in [0.15, 0.2) is 6.61 Å². The van der Waals surface area contributed by atoms with Gasteiger partial charge in [-0.15, -0.1) is 0 Å². The van der Waals surface area contributed by atoms with E-state index in [4.69, 9.17) is 9.84 Å². The summed E-state index contributed by atoms with van der Waals surface area (Å²) in [5, 5.41) is 8.89. The summed E-state index contributed by atoms with van der Waals surface area (Å²) < 4.78 is 18.9. The van der Waals surface area contributed by atoms with Crippen molar-refractivity contribution in [2.24, 2.45) is 0 Å². The van der Waals surface area contributed by atoms with Crippen molar-refractivity contribution in [3.8, 4) is 5.75 Å². The maximum Gasteiger partial charge on any atom is 0.328 e. The van der Waals surface area contributed by atoms with E-state index in [-0.39, 0.29) is 30.4 Å². The molecule has 1 N–H and O–H groups in total. The number of benzene rings is 2. The second-order valence-corrected chi connectivity index (χ2v) is 8.30. The van der Waals surface area contributed by atoms with Crippen LogP contribution in [0.4, 0.5) is 4.39 Å². The molecule has 2 atom stereocenters. The van der Waals surface area contributed by atoms with Gasteiger partial charge in [0.25, 0.3) is 5.91 Å². The van der Waals surface area contributed by atoms with E-state index < -0.39 is 5.97 Å². The number of carbonyl (C=O) groups excluding carboxylic acids is 1. The minimum atomic E-state index is -1.05. The second-order valence-electron chi connectivity index (χ2n) is 8.30. The van der Waals surface area contributed by atoms with E-state index in [2.05, 4.69) is 11.8 Å².